The number of anilines is 3. The molecule has 1 N–H and O–H groups in total. The minimum absolute atomic E-state index is 0.123. The molecule has 10 heteroatoms. The molecule has 0 spiro atoms. The number of nitrogens with zero attached hydrogens (tertiary/aromatic N) is 4. The number of carbonyl (C=O) groups excluding carboxylic acids is 1. The van der Waals surface area contributed by atoms with Crippen LogP contribution >= 0.6 is 0 Å². The van der Waals surface area contributed by atoms with Crippen molar-refractivity contribution in [2.24, 2.45) is 0 Å². The van der Waals surface area contributed by atoms with Crippen molar-refractivity contribution >= 4 is 23.4 Å². The minimum Gasteiger partial charge on any atom is -0.499 e. The molecular weight excluding hydrogens is 399 g/mol. The zero-order valence-corrected chi connectivity index (χ0v) is 16.9. The highest BCUT2D eigenvalue weighted by Crippen LogP contribution is 2.39. The molecule has 3 aliphatic rings. The van der Waals surface area contributed by atoms with E-state index in [9.17, 15) is 18.0 Å². The van der Waals surface area contributed by atoms with Crippen LogP contribution in [0.15, 0.2) is 29.6 Å². The third-order valence-electron chi connectivity index (χ3n) is 5.82. The molecule has 2 heterocycles. The van der Waals surface area contributed by atoms with Crippen LogP contribution in [-0.2, 0) is 9.53 Å². The van der Waals surface area contributed by atoms with E-state index < -0.39 is 18.4 Å². The van der Waals surface area contributed by atoms with E-state index in [1.807, 2.05) is 0 Å². The molecule has 2 aliphatic carbocycles. The Bertz CT molecular complexity index is 912. The van der Waals surface area contributed by atoms with Crippen molar-refractivity contribution < 1.29 is 22.7 Å². The van der Waals surface area contributed by atoms with Gasteiger partial charge in [0.15, 0.2) is 5.82 Å². The van der Waals surface area contributed by atoms with E-state index in [1.165, 1.54) is 31.3 Å². The van der Waals surface area contributed by atoms with Crippen LogP contribution in [0.3, 0.4) is 0 Å². The number of hydrogen-bond acceptors (Lipinski definition) is 6. The van der Waals surface area contributed by atoms with Crippen molar-refractivity contribution in [3.8, 4) is 0 Å². The molecule has 0 aromatic carbocycles. The number of methoxy groups -OCH3 is 1. The summed E-state index contributed by atoms with van der Waals surface area (Å²) < 4.78 is 48.3. The summed E-state index contributed by atoms with van der Waals surface area (Å²) in [5.41, 5.74) is 0.609. The van der Waals surface area contributed by atoms with Gasteiger partial charge in [-0.25, -0.2) is 9.37 Å². The lowest BCUT2D eigenvalue weighted by atomic mass is 10.1. The molecule has 1 amide bonds. The molecule has 162 valence electrons. The van der Waals surface area contributed by atoms with Crippen molar-refractivity contribution in [1.29, 1.82) is 0 Å². The predicted molar refractivity (Wildman–Crippen MR) is 106 cm³/mol. The Morgan fingerprint density at radius 3 is 2.70 bits per heavy atom. The minimum atomic E-state index is -3.54. The molecule has 1 fully saturated rings. The van der Waals surface area contributed by atoms with Crippen LogP contribution in [0.2, 0.25) is 0 Å². The summed E-state index contributed by atoms with van der Waals surface area (Å²) in [6, 6.07) is -0.127. The topological polar surface area (TPSA) is 70.6 Å². The van der Waals surface area contributed by atoms with E-state index in [0.29, 0.717) is 17.9 Å². The molecule has 4 rings (SSSR count). The second-order valence-corrected chi connectivity index (χ2v) is 7.79. The number of rotatable bonds is 4. The fourth-order valence-electron chi connectivity index (χ4n) is 4.22. The third-order valence-corrected chi connectivity index (χ3v) is 5.82. The van der Waals surface area contributed by atoms with Crippen molar-refractivity contribution in [2.45, 2.75) is 50.5 Å². The van der Waals surface area contributed by atoms with Crippen LogP contribution in [0.25, 0.3) is 0 Å². The number of allylic oxidation sites excluding steroid dienone is 3. The van der Waals surface area contributed by atoms with E-state index in [4.69, 9.17) is 4.74 Å². The van der Waals surface area contributed by atoms with Gasteiger partial charge in [0, 0.05) is 25.9 Å². The van der Waals surface area contributed by atoms with Crippen molar-refractivity contribution in [3.05, 3.63) is 29.6 Å². The maximum absolute atomic E-state index is 14.6. The standard InChI is InChI=1S/C20H24F3N5O2/c1-27-15-10-24-19(25-14-9-12(21)7-8-16(14)30-2)26-17(15)28(13-5-3-4-6-13)11-20(22,23)18(27)29/h9-10,13H,3-8,11H2,1-2H3,(H,24,25,26). The number of amides is 1. The van der Waals surface area contributed by atoms with Gasteiger partial charge < -0.3 is 19.9 Å². The van der Waals surface area contributed by atoms with Gasteiger partial charge in [0.2, 0.25) is 5.95 Å². The molecule has 0 atom stereocenters. The van der Waals surface area contributed by atoms with E-state index in [0.717, 1.165) is 30.6 Å². The fraction of sp³-hybridized carbons (Fsp3) is 0.550. The average Bonchev–Trinajstić information content (AvgIpc) is 3.23. The number of ether oxygens (including phenoxy) is 1. The second kappa shape index (κ2) is 7.81. The van der Waals surface area contributed by atoms with Crippen LogP contribution in [0.5, 0.6) is 0 Å². The van der Waals surface area contributed by atoms with Crippen molar-refractivity contribution in [3.63, 3.8) is 0 Å². The molecule has 1 aromatic heterocycles. The summed E-state index contributed by atoms with van der Waals surface area (Å²) in [6.45, 7) is -0.731. The number of halogens is 3. The fourth-order valence-corrected chi connectivity index (χ4v) is 4.22. The number of carbonyl (C=O) groups is 1. The number of aromatic nitrogens is 2. The molecule has 0 unspecified atom stereocenters. The summed E-state index contributed by atoms with van der Waals surface area (Å²) in [4.78, 5) is 23.4. The van der Waals surface area contributed by atoms with Gasteiger partial charge in [-0.3, -0.25) is 4.79 Å². The highest BCUT2D eigenvalue weighted by Gasteiger charge is 2.48. The van der Waals surface area contributed by atoms with Crippen molar-refractivity contribution in [2.75, 3.05) is 35.8 Å². The van der Waals surface area contributed by atoms with Gasteiger partial charge in [-0.05, 0) is 18.9 Å². The van der Waals surface area contributed by atoms with Crippen LogP contribution in [-0.4, -0.2) is 48.5 Å². The number of hydrogen-bond donors (Lipinski definition) is 1. The van der Waals surface area contributed by atoms with Crippen LogP contribution in [0.1, 0.15) is 38.5 Å². The maximum Gasteiger partial charge on any atom is 0.342 e. The molecular formula is C20H24F3N5O2. The van der Waals surface area contributed by atoms with Gasteiger partial charge >= 0.3 is 5.92 Å². The van der Waals surface area contributed by atoms with Crippen LogP contribution < -0.4 is 15.1 Å². The normalized spacial score (nSPS) is 22.0. The largest absolute Gasteiger partial charge is 0.499 e. The van der Waals surface area contributed by atoms with Gasteiger partial charge in [0.1, 0.15) is 17.3 Å². The molecule has 30 heavy (non-hydrogen) atoms. The molecule has 0 bridgehead atoms. The number of alkyl halides is 2. The van der Waals surface area contributed by atoms with E-state index in [1.54, 1.807) is 0 Å². The summed E-state index contributed by atoms with van der Waals surface area (Å²) in [5.74, 6) is -4.17. The first-order valence-electron chi connectivity index (χ1n) is 10.00. The lowest BCUT2D eigenvalue weighted by molar-refractivity contribution is -0.140. The Labute approximate surface area is 172 Å². The molecule has 0 radical (unpaired) electrons. The van der Waals surface area contributed by atoms with Gasteiger partial charge in [0.25, 0.3) is 5.91 Å². The Morgan fingerprint density at radius 2 is 2.00 bits per heavy atom. The molecule has 7 nitrogen and oxygen atoms in total. The Morgan fingerprint density at radius 1 is 1.27 bits per heavy atom. The zero-order chi connectivity index (χ0) is 21.5. The lowest BCUT2D eigenvalue weighted by Gasteiger charge is -2.31. The molecule has 1 saturated carbocycles. The summed E-state index contributed by atoms with van der Waals surface area (Å²) in [5, 5.41) is 2.94. The first kappa shape index (κ1) is 20.5. The zero-order valence-electron chi connectivity index (χ0n) is 16.9. The second-order valence-electron chi connectivity index (χ2n) is 7.79. The molecule has 1 aliphatic heterocycles. The van der Waals surface area contributed by atoms with Crippen LogP contribution in [0.4, 0.5) is 30.6 Å². The monoisotopic (exact) mass is 423 g/mol. The van der Waals surface area contributed by atoms with E-state index in [2.05, 4.69) is 15.3 Å². The Hall–Kier alpha value is -2.78. The lowest BCUT2D eigenvalue weighted by Crippen LogP contribution is -2.48. The first-order chi connectivity index (χ1) is 14.3. The van der Waals surface area contributed by atoms with Crippen LogP contribution in [0, 0.1) is 0 Å². The highest BCUT2D eigenvalue weighted by atomic mass is 19.3. The highest BCUT2D eigenvalue weighted by molar-refractivity contribution is 6.02. The summed E-state index contributed by atoms with van der Waals surface area (Å²) in [6.07, 6.45) is 6.70. The number of fused-ring (bicyclic) bond motifs is 1. The SMILES string of the molecule is COC1=C(Nc2ncc3c(n2)N(C2CCCC2)CC(F)(F)C(=O)N3C)C=C(F)CC1. The van der Waals surface area contributed by atoms with E-state index in [-0.39, 0.29) is 35.7 Å². The maximum atomic E-state index is 14.6. The molecule has 1 aromatic rings. The number of nitrogens with one attached hydrogen (secondary N) is 1. The first-order valence-corrected chi connectivity index (χ1v) is 10.00. The quantitative estimate of drug-likeness (QED) is 0.795. The average molecular weight is 423 g/mol. The Balaban J connectivity index is 1.75. The van der Waals surface area contributed by atoms with Gasteiger partial charge in [-0.2, -0.15) is 13.8 Å². The van der Waals surface area contributed by atoms with Gasteiger partial charge in [-0.1, -0.05) is 12.8 Å². The Kier molecular flexibility index (Phi) is 5.33. The van der Waals surface area contributed by atoms with Gasteiger partial charge in [0.05, 0.1) is 25.5 Å². The summed E-state index contributed by atoms with van der Waals surface area (Å²) >= 11 is 0. The predicted octanol–water partition coefficient (Wildman–Crippen LogP) is 3.75. The third kappa shape index (κ3) is 3.70. The van der Waals surface area contributed by atoms with E-state index >= 15 is 0 Å². The summed E-state index contributed by atoms with van der Waals surface area (Å²) in [7, 11) is 2.80. The van der Waals surface area contributed by atoms with Gasteiger partial charge in [-0.15, -0.1) is 0 Å². The smallest absolute Gasteiger partial charge is 0.342 e. The van der Waals surface area contributed by atoms with Crippen molar-refractivity contribution in [1.82, 2.24) is 9.97 Å². The molecule has 0 saturated heterocycles.